The van der Waals surface area contributed by atoms with Gasteiger partial charge in [0.1, 0.15) is 5.75 Å². The van der Waals surface area contributed by atoms with Gasteiger partial charge in [0.15, 0.2) is 5.96 Å². The van der Waals surface area contributed by atoms with Crippen molar-refractivity contribution in [2.45, 2.75) is 33.3 Å². The molecule has 0 heterocycles. The van der Waals surface area contributed by atoms with Crippen molar-refractivity contribution < 1.29 is 22.7 Å². The Morgan fingerprint density at radius 2 is 1.71 bits per heavy atom. The number of nitrogens with zero attached hydrogens (tertiary/aromatic N) is 1. The van der Waals surface area contributed by atoms with Crippen LogP contribution in [0.25, 0.3) is 0 Å². The summed E-state index contributed by atoms with van der Waals surface area (Å²) in [5.41, 5.74) is 1.72. The number of guanidine groups is 1. The first-order chi connectivity index (χ1) is 14.3. The average molecular weight is 550 g/mol. The number of amides is 1. The van der Waals surface area contributed by atoms with Gasteiger partial charge in [0.2, 0.25) is 0 Å². The molecular weight excluding hydrogens is 524 g/mol. The van der Waals surface area contributed by atoms with E-state index in [1.165, 1.54) is 12.1 Å². The number of rotatable bonds is 8. The molecule has 31 heavy (non-hydrogen) atoms. The van der Waals surface area contributed by atoms with Gasteiger partial charge in [0.05, 0.1) is 6.54 Å². The maximum atomic E-state index is 12.6. The van der Waals surface area contributed by atoms with Gasteiger partial charge < -0.3 is 20.7 Å². The number of hydrogen-bond acceptors (Lipinski definition) is 3. The van der Waals surface area contributed by atoms with E-state index in [9.17, 15) is 18.0 Å². The number of nitrogens with one attached hydrogen (secondary N) is 3. The summed E-state index contributed by atoms with van der Waals surface area (Å²) in [6, 6.07) is 13.0. The standard InChI is InChI=1S/C21H25F3N4O2.HI/c1-3-25-19(29)16-10-7-8-15(12-16)13-27-20(26-4-2)28-14-17-9-5-6-11-18(17)30-21(22,23)24;/h5-12H,3-4,13-14H2,1-2H3,(H,25,29)(H2,26,27,28);1H. The van der Waals surface area contributed by atoms with Crippen molar-refractivity contribution in [2.24, 2.45) is 4.99 Å². The van der Waals surface area contributed by atoms with Crippen LogP contribution in [0.1, 0.15) is 35.3 Å². The fourth-order valence-electron chi connectivity index (χ4n) is 2.64. The molecule has 1 amide bonds. The minimum atomic E-state index is -4.76. The summed E-state index contributed by atoms with van der Waals surface area (Å²) in [5.74, 6) is 0.0142. The predicted octanol–water partition coefficient (Wildman–Crippen LogP) is 4.21. The minimum absolute atomic E-state index is 0. The second-order valence-corrected chi connectivity index (χ2v) is 6.26. The highest BCUT2D eigenvalue weighted by Crippen LogP contribution is 2.26. The van der Waals surface area contributed by atoms with E-state index < -0.39 is 6.36 Å². The Hall–Kier alpha value is -2.50. The van der Waals surface area contributed by atoms with Crippen LogP contribution in [0.3, 0.4) is 0 Å². The van der Waals surface area contributed by atoms with E-state index in [-0.39, 0.29) is 42.2 Å². The molecule has 2 aromatic rings. The first kappa shape index (κ1) is 26.5. The molecule has 2 aromatic carbocycles. The Bertz CT molecular complexity index is 876. The van der Waals surface area contributed by atoms with Crippen molar-refractivity contribution in [2.75, 3.05) is 13.1 Å². The molecule has 0 atom stereocenters. The summed E-state index contributed by atoms with van der Waals surface area (Å²) in [6.07, 6.45) is -4.76. The average Bonchev–Trinajstić information content (AvgIpc) is 2.70. The maximum absolute atomic E-state index is 12.6. The van der Waals surface area contributed by atoms with E-state index in [2.05, 4.69) is 25.7 Å². The number of carbonyl (C=O) groups excluding carboxylic acids is 1. The van der Waals surface area contributed by atoms with Gasteiger partial charge in [0, 0.05) is 30.8 Å². The second-order valence-electron chi connectivity index (χ2n) is 6.26. The Morgan fingerprint density at radius 3 is 2.39 bits per heavy atom. The Morgan fingerprint density at radius 1 is 1.00 bits per heavy atom. The number of benzene rings is 2. The van der Waals surface area contributed by atoms with E-state index >= 15 is 0 Å². The summed E-state index contributed by atoms with van der Waals surface area (Å²) < 4.78 is 41.8. The quantitative estimate of drug-likeness (QED) is 0.262. The maximum Gasteiger partial charge on any atom is 0.573 e. The molecule has 2 rings (SSSR count). The number of carbonyl (C=O) groups is 1. The minimum Gasteiger partial charge on any atom is -0.405 e. The molecule has 0 aliphatic rings. The summed E-state index contributed by atoms with van der Waals surface area (Å²) in [6.45, 7) is 5.23. The van der Waals surface area contributed by atoms with Gasteiger partial charge in [-0.15, -0.1) is 37.1 Å². The van der Waals surface area contributed by atoms with E-state index in [1.54, 1.807) is 30.3 Å². The summed E-state index contributed by atoms with van der Waals surface area (Å²) in [4.78, 5) is 16.4. The molecule has 0 spiro atoms. The Labute approximate surface area is 196 Å². The monoisotopic (exact) mass is 550 g/mol. The molecule has 6 nitrogen and oxygen atoms in total. The summed E-state index contributed by atoms with van der Waals surface area (Å²) >= 11 is 0. The van der Waals surface area contributed by atoms with Crippen LogP contribution in [-0.4, -0.2) is 31.3 Å². The number of ether oxygens (including phenoxy) is 1. The lowest BCUT2D eigenvalue weighted by molar-refractivity contribution is -0.274. The van der Waals surface area contributed by atoms with Gasteiger partial charge in [-0.05, 0) is 37.6 Å². The van der Waals surface area contributed by atoms with Crippen LogP contribution in [0.15, 0.2) is 53.5 Å². The van der Waals surface area contributed by atoms with Gasteiger partial charge in [-0.1, -0.05) is 30.3 Å². The molecular formula is C21H26F3IN4O2. The lowest BCUT2D eigenvalue weighted by Gasteiger charge is -2.15. The first-order valence-corrected chi connectivity index (χ1v) is 9.55. The number of hydrogen-bond donors (Lipinski definition) is 3. The van der Waals surface area contributed by atoms with Crippen molar-refractivity contribution >= 4 is 35.8 Å². The third-order valence-corrected chi connectivity index (χ3v) is 3.94. The third kappa shape index (κ3) is 9.45. The van der Waals surface area contributed by atoms with Gasteiger partial charge in [0.25, 0.3) is 5.91 Å². The van der Waals surface area contributed by atoms with Crippen LogP contribution in [0.2, 0.25) is 0 Å². The topological polar surface area (TPSA) is 74.8 Å². The highest BCUT2D eigenvalue weighted by molar-refractivity contribution is 14.0. The van der Waals surface area contributed by atoms with Crippen LogP contribution < -0.4 is 20.7 Å². The second kappa shape index (κ2) is 13.0. The molecule has 0 aromatic heterocycles. The molecule has 0 bridgehead atoms. The third-order valence-electron chi connectivity index (χ3n) is 3.94. The zero-order valence-corrected chi connectivity index (χ0v) is 19.6. The number of halogens is 4. The molecule has 0 aliphatic heterocycles. The van der Waals surface area contributed by atoms with E-state index in [4.69, 9.17) is 0 Å². The summed E-state index contributed by atoms with van der Waals surface area (Å²) in [7, 11) is 0. The van der Waals surface area contributed by atoms with Gasteiger partial charge in [-0.25, -0.2) is 4.99 Å². The first-order valence-electron chi connectivity index (χ1n) is 9.55. The number of para-hydroxylation sites is 1. The van der Waals surface area contributed by atoms with Gasteiger partial charge >= 0.3 is 6.36 Å². The summed E-state index contributed by atoms with van der Waals surface area (Å²) in [5, 5.41) is 8.79. The van der Waals surface area contributed by atoms with Crippen LogP contribution in [-0.2, 0) is 13.1 Å². The SMILES string of the molecule is CCNC(=O)c1cccc(CN=C(NCC)NCc2ccccc2OC(F)(F)F)c1.I. The van der Waals surface area contributed by atoms with E-state index in [0.29, 0.717) is 36.7 Å². The zero-order valence-electron chi connectivity index (χ0n) is 17.3. The van der Waals surface area contributed by atoms with Crippen molar-refractivity contribution in [3.05, 3.63) is 65.2 Å². The van der Waals surface area contributed by atoms with Crippen LogP contribution >= 0.6 is 24.0 Å². The molecule has 0 saturated heterocycles. The largest absolute Gasteiger partial charge is 0.573 e. The van der Waals surface area contributed by atoms with E-state index in [1.807, 2.05) is 19.9 Å². The Balaban J connectivity index is 0.00000480. The molecule has 0 aliphatic carbocycles. The highest BCUT2D eigenvalue weighted by atomic mass is 127. The van der Waals surface area contributed by atoms with Gasteiger partial charge in [-0.3, -0.25) is 4.79 Å². The smallest absolute Gasteiger partial charge is 0.405 e. The molecule has 0 unspecified atom stereocenters. The van der Waals surface area contributed by atoms with Crippen LogP contribution in [0.4, 0.5) is 13.2 Å². The van der Waals surface area contributed by atoms with Crippen molar-refractivity contribution in [1.29, 1.82) is 0 Å². The molecule has 3 N–H and O–H groups in total. The predicted molar refractivity (Wildman–Crippen MR) is 125 cm³/mol. The Kier molecular flexibility index (Phi) is 11.2. The van der Waals surface area contributed by atoms with Crippen LogP contribution in [0, 0.1) is 0 Å². The van der Waals surface area contributed by atoms with Crippen molar-refractivity contribution in [3.63, 3.8) is 0 Å². The lowest BCUT2D eigenvalue weighted by atomic mass is 10.1. The zero-order chi connectivity index (χ0) is 22.0. The molecule has 0 fully saturated rings. The van der Waals surface area contributed by atoms with Crippen molar-refractivity contribution in [3.8, 4) is 5.75 Å². The molecule has 10 heteroatoms. The molecule has 0 saturated carbocycles. The molecule has 170 valence electrons. The molecule has 0 radical (unpaired) electrons. The lowest BCUT2D eigenvalue weighted by Crippen LogP contribution is -2.37. The van der Waals surface area contributed by atoms with E-state index in [0.717, 1.165) is 5.56 Å². The van der Waals surface area contributed by atoms with Gasteiger partial charge in [-0.2, -0.15) is 0 Å². The van der Waals surface area contributed by atoms with Crippen LogP contribution in [0.5, 0.6) is 5.75 Å². The fraction of sp³-hybridized carbons (Fsp3) is 0.333. The fourth-order valence-corrected chi connectivity index (χ4v) is 2.64. The number of aliphatic imine (C=N–C) groups is 1. The normalized spacial score (nSPS) is 11.3. The highest BCUT2D eigenvalue weighted by Gasteiger charge is 2.31. The number of alkyl halides is 3. The van der Waals surface area contributed by atoms with Crippen molar-refractivity contribution in [1.82, 2.24) is 16.0 Å².